The van der Waals surface area contributed by atoms with Gasteiger partial charge < -0.3 is 14.6 Å². The summed E-state index contributed by atoms with van der Waals surface area (Å²) < 4.78 is 10.5. The molecule has 0 aliphatic heterocycles. The van der Waals surface area contributed by atoms with Crippen molar-refractivity contribution < 1.29 is 9.26 Å². The predicted molar refractivity (Wildman–Crippen MR) is 72.2 cm³/mol. The number of rotatable bonds is 6. The van der Waals surface area contributed by atoms with Gasteiger partial charge in [0.2, 0.25) is 0 Å². The Hall–Kier alpha value is -1.59. The highest BCUT2D eigenvalue weighted by molar-refractivity contribution is 6.32. The van der Waals surface area contributed by atoms with Crippen molar-refractivity contribution >= 4 is 11.6 Å². The number of aromatic nitrogens is 2. The smallest absolute Gasteiger partial charge is 0.264 e. The summed E-state index contributed by atoms with van der Waals surface area (Å²) in [4.78, 5) is 4.06. The summed E-state index contributed by atoms with van der Waals surface area (Å²) in [6.07, 6.45) is 0. The first kappa shape index (κ1) is 13.8. The van der Waals surface area contributed by atoms with Crippen molar-refractivity contribution in [3.05, 3.63) is 40.5 Å². The quantitative estimate of drug-likeness (QED) is 0.882. The van der Waals surface area contributed by atoms with Gasteiger partial charge in [0.1, 0.15) is 5.75 Å². The van der Waals surface area contributed by atoms with Crippen molar-refractivity contribution in [2.24, 2.45) is 0 Å². The lowest BCUT2D eigenvalue weighted by Crippen LogP contribution is -2.11. The molecule has 0 bridgehead atoms. The molecule has 0 unspecified atom stereocenters. The molecule has 1 N–H and O–H groups in total. The van der Waals surface area contributed by atoms with Crippen LogP contribution in [0.1, 0.15) is 24.2 Å². The van der Waals surface area contributed by atoms with Gasteiger partial charge >= 0.3 is 0 Å². The molecule has 0 amide bonds. The van der Waals surface area contributed by atoms with Gasteiger partial charge in [-0.1, -0.05) is 29.7 Å². The van der Waals surface area contributed by atoms with Crippen LogP contribution in [0.25, 0.3) is 0 Å². The van der Waals surface area contributed by atoms with Gasteiger partial charge in [-0.05, 0) is 31.2 Å². The zero-order valence-electron chi connectivity index (χ0n) is 10.9. The Morgan fingerprint density at radius 2 is 2.26 bits per heavy atom. The number of benzene rings is 1. The predicted octanol–water partition coefficient (Wildman–Crippen LogP) is 2.72. The lowest BCUT2D eigenvalue weighted by atomic mass is 10.2. The van der Waals surface area contributed by atoms with E-state index < -0.39 is 0 Å². The van der Waals surface area contributed by atoms with E-state index in [1.165, 1.54) is 0 Å². The van der Waals surface area contributed by atoms with E-state index in [1.54, 1.807) is 6.92 Å². The molecule has 0 aliphatic carbocycles. The van der Waals surface area contributed by atoms with Gasteiger partial charge in [-0.2, -0.15) is 4.98 Å². The van der Waals surface area contributed by atoms with Crippen LogP contribution in [-0.4, -0.2) is 16.7 Å². The van der Waals surface area contributed by atoms with Gasteiger partial charge in [0.25, 0.3) is 5.89 Å². The van der Waals surface area contributed by atoms with Crippen LogP contribution in [0.4, 0.5) is 0 Å². The second-order valence-electron chi connectivity index (χ2n) is 4.07. The van der Waals surface area contributed by atoms with Crippen LogP contribution >= 0.6 is 11.6 Å². The fraction of sp³-hybridized carbons (Fsp3) is 0.385. The summed E-state index contributed by atoms with van der Waals surface area (Å²) in [5.74, 6) is 1.63. The summed E-state index contributed by atoms with van der Waals surface area (Å²) in [5, 5.41) is 7.51. The van der Waals surface area contributed by atoms with Crippen LogP contribution in [-0.2, 0) is 13.2 Å². The molecule has 102 valence electrons. The molecule has 2 rings (SSSR count). The lowest BCUT2D eigenvalue weighted by molar-refractivity contribution is 0.242. The minimum Gasteiger partial charge on any atom is -0.482 e. The average Bonchev–Trinajstić information content (AvgIpc) is 2.81. The van der Waals surface area contributed by atoms with Gasteiger partial charge in [-0.3, -0.25) is 0 Å². The number of nitrogens with zero attached hydrogens (tertiary/aromatic N) is 2. The van der Waals surface area contributed by atoms with E-state index in [2.05, 4.69) is 22.4 Å². The van der Waals surface area contributed by atoms with Crippen molar-refractivity contribution in [2.75, 3.05) is 6.54 Å². The minimum absolute atomic E-state index is 0.215. The number of hydrogen-bond donors (Lipinski definition) is 1. The molecule has 5 nitrogen and oxygen atoms in total. The van der Waals surface area contributed by atoms with Crippen LogP contribution in [0.5, 0.6) is 5.75 Å². The Labute approximate surface area is 116 Å². The molecule has 1 aromatic heterocycles. The number of hydrogen-bond acceptors (Lipinski definition) is 5. The van der Waals surface area contributed by atoms with E-state index >= 15 is 0 Å². The molecule has 2 aromatic rings. The van der Waals surface area contributed by atoms with Crippen LogP contribution in [0.3, 0.4) is 0 Å². The van der Waals surface area contributed by atoms with Gasteiger partial charge in [0.15, 0.2) is 12.4 Å². The van der Waals surface area contributed by atoms with Crippen molar-refractivity contribution in [3.63, 3.8) is 0 Å². The minimum atomic E-state index is 0.215. The molecule has 1 heterocycles. The van der Waals surface area contributed by atoms with Crippen molar-refractivity contribution in [2.45, 2.75) is 27.0 Å². The van der Waals surface area contributed by atoms with Crippen LogP contribution in [0.2, 0.25) is 5.02 Å². The zero-order chi connectivity index (χ0) is 13.7. The standard InChI is InChI=1S/C13H16ClN3O2/c1-3-15-7-10-4-5-12(11(14)6-10)18-8-13-16-9(2)17-19-13/h4-6,15H,3,7-8H2,1-2H3. The molecule has 6 heteroatoms. The molecule has 19 heavy (non-hydrogen) atoms. The van der Waals surface area contributed by atoms with E-state index in [0.29, 0.717) is 22.5 Å². The van der Waals surface area contributed by atoms with Crippen LogP contribution < -0.4 is 10.1 Å². The molecule has 0 aliphatic rings. The fourth-order valence-corrected chi connectivity index (χ4v) is 1.84. The molecule has 0 fully saturated rings. The third-order valence-corrected chi connectivity index (χ3v) is 2.79. The third kappa shape index (κ3) is 3.94. The molecule has 0 saturated heterocycles. The number of aryl methyl sites for hydroxylation is 1. The number of halogens is 1. The summed E-state index contributed by atoms with van der Waals surface area (Å²) in [6.45, 7) is 5.75. The maximum absolute atomic E-state index is 6.16. The molecule has 0 radical (unpaired) electrons. The molecule has 0 spiro atoms. The lowest BCUT2D eigenvalue weighted by Gasteiger charge is -2.08. The second kappa shape index (κ2) is 6.54. The Morgan fingerprint density at radius 3 is 2.89 bits per heavy atom. The zero-order valence-corrected chi connectivity index (χ0v) is 11.7. The SMILES string of the molecule is CCNCc1ccc(OCc2nc(C)no2)c(Cl)c1. The third-order valence-electron chi connectivity index (χ3n) is 2.50. The largest absolute Gasteiger partial charge is 0.482 e. The monoisotopic (exact) mass is 281 g/mol. The van der Waals surface area contributed by atoms with E-state index in [0.717, 1.165) is 18.7 Å². The van der Waals surface area contributed by atoms with Crippen molar-refractivity contribution in [3.8, 4) is 5.75 Å². The summed E-state index contributed by atoms with van der Waals surface area (Å²) >= 11 is 6.16. The Kier molecular flexibility index (Phi) is 4.76. The van der Waals surface area contributed by atoms with Crippen LogP contribution in [0.15, 0.2) is 22.7 Å². The summed E-state index contributed by atoms with van der Waals surface area (Å²) in [6, 6.07) is 5.71. The van der Waals surface area contributed by atoms with Crippen molar-refractivity contribution in [1.82, 2.24) is 15.5 Å². The molecule has 1 aromatic carbocycles. The molecular weight excluding hydrogens is 266 g/mol. The highest BCUT2D eigenvalue weighted by Crippen LogP contribution is 2.26. The average molecular weight is 282 g/mol. The van der Waals surface area contributed by atoms with Crippen molar-refractivity contribution in [1.29, 1.82) is 0 Å². The molecular formula is C13H16ClN3O2. The first-order valence-electron chi connectivity index (χ1n) is 6.10. The highest BCUT2D eigenvalue weighted by atomic mass is 35.5. The summed E-state index contributed by atoms with van der Waals surface area (Å²) in [5.41, 5.74) is 1.12. The van der Waals surface area contributed by atoms with E-state index in [1.807, 2.05) is 18.2 Å². The highest BCUT2D eigenvalue weighted by Gasteiger charge is 2.07. The Bertz CT molecular complexity index is 542. The van der Waals surface area contributed by atoms with E-state index in [9.17, 15) is 0 Å². The second-order valence-corrected chi connectivity index (χ2v) is 4.48. The molecule has 0 atom stereocenters. The maximum Gasteiger partial charge on any atom is 0.264 e. The van der Waals surface area contributed by atoms with E-state index in [-0.39, 0.29) is 6.61 Å². The van der Waals surface area contributed by atoms with Crippen LogP contribution in [0, 0.1) is 6.92 Å². The number of ether oxygens (including phenoxy) is 1. The first-order valence-corrected chi connectivity index (χ1v) is 6.48. The topological polar surface area (TPSA) is 60.2 Å². The van der Waals surface area contributed by atoms with Gasteiger partial charge in [-0.15, -0.1) is 0 Å². The Balaban J connectivity index is 1.96. The molecule has 0 saturated carbocycles. The maximum atomic E-state index is 6.16. The fourth-order valence-electron chi connectivity index (χ4n) is 1.58. The summed E-state index contributed by atoms with van der Waals surface area (Å²) in [7, 11) is 0. The first-order chi connectivity index (χ1) is 9.19. The number of nitrogens with one attached hydrogen (secondary N) is 1. The normalized spacial score (nSPS) is 10.7. The Morgan fingerprint density at radius 1 is 1.42 bits per heavy atom. The van der Waals surface area contributed by atoms with Gasteiger partial charge in [0, 0.05) is 6.54 Å². The van der Waals surface area contributed by atoms with Gasteiger partial charge in [0.05, 0.1) is 5.02 Å². The van der Waals surface area contributed by atoms with E-state index in [4.69, 9.17) is 20.9 Å². The van der Waals surface area contributed by atoms with Gasteiger partial charge in [-0.25, -0.2) is 0 Å².